The number of phenolic OH excluding ortho intramolecular Hbond substituents is 2. The highest BCUT2D eigenvalue weighted by Crippen LogP contribution is 2.42. The molecule has 0 radical (unpaired) electrons. The fourth-order valence-electron chi connectivity index (χ4n) is 2.97. The second-order valence-electron chi connectivity index (χ2n) is 6.96. The highest BCUT2D eigenvalue weighted by Gasteiger charge is 2.30. The van der Waals surface area contributed by atoms with Crippen LogP contribution in [-0.4, -0.2) is 50.4 Å². The van der Waals surface area contributed by atoms with Gasteiger partial charge in [0.15, 0.2) is 11.5 Å². The van der Waals surface area contributed by atoms with Crippen molar-refractivity contribution in [2.75, 3.05) is 13.1 Å². The topological polar surface area (TPSA) is 164 Å². The highest BCUT2D eigenvalue weighted by atomic mass is 16.5. The minimum absolute atomic E-state index is 0.0103. The van der Waals surface area contributed by atoms with Gasteiger partial charge in [-0.05, 0) is 31.4 Å². The van der Waals surface area contributed by atoms with E-state index in [4.69, 9.17) is 9.05 Å². The molecule has 0 saturated heterocycles. The van der Waals surface area contributed by atoms with Crippen LogP contribution < -0.4 is 10.6 Å². The van der Waals surface area contributed by atoms with E-state index >= 15 is 0 Å². The number of nitrogens with one attached hydrogen (secondary N) is 2. The van der Waals surface area contributed by atoms with Crippen molar-refractivity contribution in [1.29, 1.82) is 0 Å². The van der Waals surface area contributed by atoms with Gasteiger partial charge >= 0.3 is 11.8 Å². The standard InChI is InChI=1S/C20H23N5O6/c1-5-21-18(28)15-14(17-23-20(31-25-17)19(29)22-6-2)16(30-24-15)11-7-10(9(3)4)12(26)8-13(11)27/h7-9,26-27H,5-6H2,1-4H3,(H,21,28)(H,22,29). The van der Waals surface area contributed by atoms with Crippen molar-refractivity contribution in [3.63, 3.8) is 0 Å². The maximum Gasteiger partial charge on any atom is 0.316 e. The lowest BCUT2D eigenvalue weighted by Crippen LogP contribution is -2.24. The minimum atomic E-state index is -0.576. The molecule has 0 saturated carbocycles. The van der Waals surface area contributed by atoms with E-state index in [-0.39, 0.29) is 51.7 Å². The Bertz CT molecular complexity index is 1120. The molecule has 2 amide bonds. The second kappa shape index (κ2) is 8.86. The Morgan fingerprint density at radius 3 is 2.32 bits per heavy atom. The Kier molecular flexibility index (Phi) is 6.23. The minimum Gasteiger partial charge on any atom is -0.508 e. The summed E-state index contributed by atoms with van der Waals surface area (Å²) in [5.74, 6) is -2.01. The average Bonchev–Trinajstić information content (AvgIpc) is 3.35. The van der Waals surface area contributed by atoms with Crippen LogP contribution in [0.25, 0.3) is 22.7 Å². The van der Waals surface area contributed by atoms with E-state index < -0.39 is 11.8 Å². The van der Waals surface area contributed by atoms with E-state index in [9.17, 15) is 19.8 Å². The first-order valence-electron chi connectivity index (χ1n) is 9.74. The lowest BCUT2D eigenvalue weighted by atomic mass is 9.96. The SMILES string of the molecule is CCNC(=O)c1nc(-c2c(C(=O)NCC)noc2-c2cc(C(C)C)c(O)cc2O)no1. The number of benzene rings is 1. The molecule has 11 nitrogen and oxygen atoms in total. The van der Waals surface area contributed by atoms with Crippen molar-refractivity contribution in [1.82, 2.24) is 25.9 Å². The molecule has 4 N–H and O–H groups in total. The third-order valence-corrected chi connectivity index (χ3v) is 4.44. The largest absolute Gasteiger partial charge is 0.508 e. The monoisotopic (exact) mass is 429 g/mol. The predicted molar refractivity (Wildman–Crippen MR) is 109 cm³/mol. The van der Waals surface area contributed by atoms with Gasteiger partial charge in [0.2, 0.25) is 5.82 Å². The molecular weight excluding hydrogens is 406 g/mol. The van der Waals surface area contributed by atoms with Crippen molar-refractivity contribution < 1.29 is 28.8 Å². The van der Waals surface area contributed by atoms with E-state index in [2.05, 4.69) is 25.9 Å². The third kappa shape index (κ3) is 4.20. The molecule has 0 spiro atoms. The first kappa shape index (κ1) is 21.8. The summed E-state index contributed by atoms with van der Waals surface area (Å²) in [4.78, 5) is 28.6. The van der Waals surface area contributed by atoms with Crippen LogP contribution in [-0.2, 0) is 0 Å². The van der Waals surface area contributed by atoms with Crippen LogP contribution >= 0.6 is 0 Å². The van der Waals surface area contributed by atoms with Crippen molar-refractivity contribution in [2.24, 2.45) is 0 Å². The van der Waals surface area contributed by atoms with Gasteiger partial charge in [-0.3, -0.25) is 9.59 Å². The van der Waals surface area contributed by atoms with Gasteiger partial charge < -0.3 is 29.9 Å². The Hall–Kier alpha value is -3.89. The number of aromatic hydroxyl groups is 2. The Balaban J connectivity index is 2.21. The molecule has 3 aromatic rings. The van der Waals surface area contributed by atoms with Crippen LogP contribution in [0.3, 0.4) is 0 Å². The first-order chi connectivity index (χ1) is 14.8. The van der Waals surface area contributed by atoms with E-state index in [1.165, 1.54) is 12.1 Å². The number of carbonyl (C=O) groups excluding carboxylic acids is 2. The number of nitrogens with zero attached hydrogens (tertiary/aromatic N) is 3. The molecule has 2 heterocycles. The van der Waals surface area contributed by atoms with Gasteiger partial charge in [-0.25, -0.2) is 0 Å². The fourth-order valence-corrected chi connectivity index (χ4v) is 2.97. The highest BCUT2D eigenvalue weighted by molar-refractivity contribution is 6.02. The number of hydrogen-bond donors (Lipinski definition) is 4. The van der Waals surface area contributed by atoms with Crippen LogP contribution in [0.15, 0.2) is 21.2 Å². The fraction of sp³-hybridized carbons (Fsp3) is 0.350. The Morgan fingerprint density at radius 1 is 1.00 bits per heavy atom. The van der Waals surface area contributed by atoms with Crippen molar-refractivity contribution >= 4 is 11.8 Å². The van der Waals surface area contributed by atoms with E-state index in [1.807, 2.05) is 13.8 Å². The Morgan fingerprint density at radius 2 is 1.68 bits per heavy atom. The molecule has 0 aliphatic heterocycles. The zero-order chi connectivity index (χ0) is 22.7. The summed E-state index contributed by atoms with van der Waals surface area (Å²) in [6.45, 7) is 7.91. The number of rotatable bonds is 7. The molecule has 1 aromatic carbocycles. The van der Waals surface area contributed by atoms with Gasteiger partial charge in [-0.2, -0.15) is 4.98 Å². The summed E-state index contributed by atoms with van der Waals surface area (Å²) in [7, 11) is 0. The van der Waals surface area contributed by atoms with Crippen LogP contribution in [0.5, 0.6) is 11.5 Å². The van der Waals surface area contributed by atoms with Gasteiger partial charge in [0.25, 0.3) is 5.91 Å². The normalized spacial score (nSPS) is 11.0. The van der Waals surface area contributed by atoms with Gasteiger partial charge in [-0.1, -0.05) is 24.2 Å². The number of carbonyl (C=O) groups is 2. The number of phenols is 2. The summed E-state index contributed by atoms with van der Waals surface area (Å²) in [6.07, 6.45) is 0. The maximum atomic E-state index is 12.5. The Labute approximate surface area is 177 Å². The van der Waals surface area contributed by atoms with Crippen molar-refractivity contribution in [2.45, 2.75) is 33.6 Å². The lowest BCUT2D eigenvalue weighted by Gasteiger charge is -2.11. The molecule has 0 fully saturated rings. The molecule has 31 heavy (non-hydrogen) atoms. The zero-order valence-electron chi connectivity index (χ0n) is 17.5. The van der Waals surface area contributed by atoms with Crippen LogP contribution in [0.4, 0.5) is 0 Å². The molecular formula is C20H23N5O6. The maximum absolute atomic E-state index is 12.5. The quantitative estimate of drug-likeness (QED) is 0.441. The summed E-state index contributed by atoms with van der Waals surface area (Å²) in [6, 6.07) is 2.71. The van der Waals surface area contributed by atoms with Crippen molar-refractivity contribution in [3.8, 4) is 34.2 Å². The van der Waals surface area contributed by atoms with Gasteiger partial charge in [-0.15, -0.1) is 0 Å². The van der Waals surface area contributed by atoms with Crippen LogP contribution in [0, 0.1) is 0 Å². The van der Waals surface area contributed by atoms with Gasteiger partial charge in [0.05, 0.1) is 5.56 Å². The summed E-state index contributed by atoms with van der Waals surface area (Å²) in [5, 5.41) is 33.4. The van der Waals surface area contributed by atoms with Gasteiger partial charge in [0, 0.05) is 19.2 Å². The molecule has 0 bridgehead atoms. The molecule has 164 valence electrons. The lowest BCUT2D eigenvalue weighted by molar-refractivity contribution is 0.0910. The molecule has 2 aromatic heterocycles. The third-order valence-electron chi connectivity index (χ3n) is 4.44. The van der Waals surface area contributed by atoms with Crippen LogP contribution in [0.2, 0.25) is 0 Å². The van der Waals surface area contributed by atoms with E-state index in [0.29, 0.717) is 18.7 Å². The smallest absolute Gasteiger partial charge is 0.316 e. The van der Waals surface area contributed by atoms with Crippen molar-refractivity contribution in [3.05, 3.63) is 29.3 Å². The number of hydrogen-bond acceptors (Lipinski definition) is 9. The molecule has 0 aliphatic rings. The summed E-state index contributed by atoms with van der Waals surface area (Å²) in [5.41, 5.74) is 0.620. The molecule has 0 atom stereocenters. The summed E-state index contributed by atoms with van der Waals surface area (Å²) < 4.78 is 10.4. The number of amides is 2. The predicted octanol–water partition coefficient (Wildman–Crippen LogP) is 2.43. The van der Waals surface area contributed by atoms with E-state index in [0.717, 1.165) is 0 Å². The molecule has 3 rings (SSSR count). The molecule has 0 aliphatic carbocycles. The summed E-state index contributed by atoms with van der Waals surface area (Å²) >= 11 is 0. The zero-order valence-corrected chi connectivity index (χ0v) is 17.5. The first-order valence-corrected chi connectivity index (χ1v) is 9.74. The molecule has 11 heteroatoms. The second-order valence-corrected chi connectivity index (χ2v) is 6.96. The van der Waals surface area contributed by atoms with Gasteiger partial charge in [0.1, 0.15) is 17.1 Å². The van der Waals surface area contributed by atoms with Crippen LogP contribution in [0.1, 0.15) is 60.4 Å². The number of aromatic nitrogens is 3. The molecule has 0 unspecified atom stereocenters. The average molecular weight is 429 g/mol. The van der Waals surface area contributed by atoms with E-state index in [1.54, 1.807) is 13.8 Å².